The van der Waals surface area contributed by atoms with Crippen molar-refractivity contribution in [2.75, 3.05) is 13.7 Å². The molecule has 2 aromatic rings. The van der Waals surface area contributed by atoms with Crippen molar-refractivity contribution in [3.8, 4) is 23.1 Å². The molecule has 1 heterocycles. The average molecular weight is 284 g/mol. The lowest BCUT2D eigenvalue weighted by molar-refractivity contribution is 0.312. The van der Waals surface area contributed by atoms with Crippen molar-refractivity contribution in [3.63, 3.8) is 0 Å². The van der Waals surface area contributed by atoms with E-state index in [4.69, 9.17) is 21.1 Å². The largest absolute Gasteiger partial charge is 0.494 e. The molecule has 0 N–H and O–H groups in total. The first-order chi connectivity index (χ1) is 9.13. The zero-order valence-corrected chi connectivity index (χ0v) is 11.1. The fourth-order valence-electron chi connectivity index (χ4n) is 1.46. The van der Waals surface area contributed by atoms with Gasteiger partial charge in [0.1, 0.15) is 0 Å². The number of rotatable bonds is 4. The standard InChI is InChI=1S/C12H11ClFN3O2/c1-3-19-12-16-10(15-11(13)17-12)7-4-5-9(18-2)8(14)6-7/h4-6H,3H2,1-2H3. The van der Waals surface area contributed by atoms with Crippen LogP contribution in [0.1, 0.15) is 6.92 Å². The molecule has 19 heavy (non-hydrogen) atoms. The van der Waals surface area contributed by atoms with Crippen LogP contribution in [0.5, 0.6) is 11.8 Å². The Bertz CT molecular complexity index is 595. The molecule has 0 bridgehead atoms. The lowest BCUT2D eigenvalue weighted by Gasteiger charge is -2.06. The van der Waals surface area contributed by atoms with Crippen molar-refractivity contribution in [1.82, 2.24) is 15.0 Å². The second-order valence-electron chi connectivity index (χ2n) is 3.49. The van der Waals surface area contributed by atoms with Gasteiger partial charge in [-0.05, 0) is 36.7 Å². The van der Waals surface area contributed by atoms with E-state index in [1.807, 2.05) is 0 Å². The van der Waals surface area contributed by atoms with Crippen LogP contribution in [0, 0.1) is 5.82 Å². The number of benzene rings is 1. The van der Waals surface area contributed by atoms with Gasteiger partial charge in [0.05, 0.1) is 13.7 Å². The van der Waals surface area contributed by atoms with Gasteiger partial charge in [0.25, 0.3) is 0 Å². The Morgan fingerprint density at radius 1 is 1.26 bits per heavy atom. The molecule has 0 atom stereocenters. The topological polar surface area (TPSA) is 57.1 Å². The van der Waals surface area contributed by atoms with Gasteiger partial charge in [-0.1, -0.05) is 0 Å². The molecule has 0 saturated carbocycles. The fourth-order valence-corrected chi connectivity index (χ4v) is 1.61. The molecular formula is C12H11ClFN3O2. The van der Waals surface area contributed by atoms with Crippen molar-refractivity contribution < 1.29 is 13.9 Å². The fraction of sp³-hybridized carbons (Fsp3) is 0.250. The summed E-state index contributed by atoms with van der Waals surface area (Å²) in [5, 5.41) is -0.00956. The summed E-state index contributed by atoms with van der Waals surface area (Å²) in [4.78, 5) is 11.8. The summed E-state index contributed by atoms with van der Waals surface area (Å²) >= 11 is 5.77. The van der Waals surface area contributed by atoms with Gasteiger partial charge in [-0.2, -0.15) is 15.0 Å². The van der Waals surface area contributed by atoms with Crippen LogP contribution in [0.4, 0.5) is 4.39 Å². The van der Waals surface area contributed by atoms with Crippen molar-refractivity contribution in [1.29, 1.82) is 0 Å². The van der Waals surface area contributed by atoms with E-state index in [2.05, 4.69) is 15.0 Å². The first-order valence-corrected chi connectivity index (χ1v) is 5.90. The minimum atomic E-state index is -0.505. The van der Waals surface area contributed by atoms with Crippen LogP contribution in [0.25, 0.3) is 11.4 Å². The average Bonchev–Trinajstić information content (AvgIpc) is 2.38. The third-order valence-corrected chi connectivity index (χ3v) is 2.44. The number of aromatic nitrogens is 3. The van der Waals surface area contributed by atoms with E-state index in [1.165, 1.54) is 19.2 Å². The van der Waals surface area contributed by atoms with E-state index in [0.717, 1.165) is 0 Å². The van der Waals surface area contributed by atoms with Crippen molar-refractivity contribution in [2.24, 2.45) is 0 Å². The highest BCUT2D eigenvalue weighted by Crippen LogP contribution is 2.24. The number of ether oxygens (including phenoxy) is 2. The molecular weight excluding hydrogens is 273 g/mol. The highest BCUT2D eigenvalue weighted by Gasteiger charge is 2.11. The van der Waals surface area contributed by atoms with Crippen LogP contribution >= 0.6 is 11.6 Å². The predicted molar refractivity (Wildman–Crippen MR) is 68.0 cm³/mol. The monoisotopic (exact) mass is 283 g/mol. The van der Waals surface area contributed by atoms with Gasteiger partial charge >= 0.3 is 6.01 Å². The molecule has 5 nitrogen and oxygen atoms in total. The normalized spacial score (nSPS) is 10.3. The van der Waals surface area contributed by atoms with Crippen LogP contribution in [-0.4, -0.2) is 28.7 Å². The number of halogens is 2. The smallest absolute Gasteiger partial charge is 0.321 e. The Kier molecular flexibility index (Phi) is 4.11. The highest BCUT2D eigenvalue weighted by molar-refractivity contribution is 6.28. The van der Waals surface area contributed by atoms with Crippen LogP contribution < -0.4 is 9.47 Å². The van der Waals surface area contributed by atoms with Crippen molar-refractivity contribution in [2.45, 2.75) is 6.92 Å². The summed E-state index contributed by atoms with van der Waals surface area (Å²) in [6.45, 7) is 2.20. The lowest BCUT2D eigenvalue weighted by Crippen LogP contribution is -2.01. The summed E-state index contributed by atoms with van der Waals surface area (Å²) in [5.41, 5.74) is 0.462. The molecule has 0 aliphatic rings. The van der Waals surface area contributed by atoms with Gasteiger partial charge in [-0.3, -0.25) is 0 Å². The minimum absolute atomic E-state index is 0.00956. The van der Waals surface area contributed by atoms with E-state index in [0.29, 0.717) is 12.2 Å². The molecule has 0 radical (unpaired) electrons. The maximum absolute atomic E-state index is 13.6. The Morgan fingerprint density at radius 3 is 2.68 bits per heavy atom. The molecule has 0 fully saturated rings. The van der Waals surface area contributed by atoms with Crippen LogP contribution in [0.2, 0.25) is 5.28 Å². The van der Waals surface area contributed by atoms with Gasteiger partial charge in [0.2, 0.25) is 5.28 Å². The Balaban J connectivity index is 2.43. The Labute approximate surface area is 114 Å². The SMILES string of the molecule is CCOc1nc(Cl)nc(-c2ccc(OC)c(F)c2)n1. The third-order valence-electron chi connectivity index (χ3n) is 2.27. The quantitative estimate of drug-likeness (QED) is 0.863. The molecule has 0 aliphatic carbocycles. The molecule has 2 rings (SSSR count). The van der Waals surface area contributed by atoms with Crippen LogP contribution in [0.15, 0.2) is 18.2 Å². The number of hydrogen-bond acceptors (Lipinski definition) is 5. The van der Waals surface area contributed by atoms with Gasteiger partial charge in [0, 0.05) is 5.56 Å². The number of methoxy groups -OCH3 is 1. The lowest BCUT2D eigenvalue weighted by atomic mass is 10.2. The van der Waals surface area contributed by atoms with E-state index < -0.39 is 5.82 Å². The van der Waals surface area contributed by atoms with E-state index in [-0.39, 0.29) is 22.9 Å². The van der Waals surface area contributed by atoms with E-state index in [9.17, 15) is 4.39 Å². The second-order valence-corrected chi connectivity index (χ2v) is 3.83. The van der Waals surface area contributed by atoms with Crippen molar-refractivity contribution in [3.05, 3.63) is 29.3 Å². The van der Waals surface area contributed by atoms with Gasteiger partial charge in [-0.15, -0.1) is 0 Å². The highest BCUT2D eigenvalue weighted by atomic mass is 35.5. The maximum atomic E-state index is 13.6. The van der Waals surface area contributed by atoms with Crippen LogP contribution in [0.3, 0.4) is 0 Å². The third kappa shape index (κ3) is 3.08. The molecule has 0 aliphatic heterocycles. The first-order valence-electron chi connectivity index (χ1n) is 5.52. The molecule has 7 heteroatoms. The molecule has 0 unspecified atom stereocenters. The zero-order chi connectivity index (χ0) is 13.8. The molecule has 0 saturated heterocycles. The summed E-state index contributed by atoms with van der Waals surface area (Å²) in [7, 11) is 1.39. The summed E-state index contributed by atoms with van der Waals surface area (Å²) in [6, 6.07) is 4.49. The zero-order valence-electron chi connectivity index (χ0n) is 10.4. The Morgan fingerprint density at radius 2 is 2.05 bits per heavy atom. The molecule has 0 spiro atoms. The van der Waals surface area contributed by atoms with Gasteiger partial charge in [-0.25, -0.2) is 4.39 Å². The second kappa shape index (κ2) is 5.79. The molecule has 1 aromatic carbocycles. The van der Waals surface area contributed by atoms with Crippen LogP contribution in [-0.2, 0) is 0 Å². The summed E-state index contributed by atoms with van der Waals surface area (Å²) in [5.74, 6) is -0.117. The van der Waals surface area contributed by atoms with Gasteiger partial charge < -0.3 is 9.47 Å². The van der Waals surface area contributed by atoms with Crippen molar-refractivity contribution >= 4 is 11.6 Å². The first kappa shape index (κ1) is 13.5. The number of nitrogens with zero attached hydrogens (tertiary/aromatic N) is 3. The predicted octanol–water partition coefficient (Wildman–Crippen LogP) is 2.74. The maximum Gasteiger partial charge on any atom is 0.321 e. The molecule has 100 valence electrons. The van der Waals surface area contributed by atoms with Gasteiger partial charge in [0.15, 0.2) is 17.4 Å². The summed E-state index contributed by atoms with van der Waals surface area (Å²) in [6.07, 6.45) is 0. The van der Waals surface area contributed by atoms with E-state index >= 15 is 0 Å². The molecule has 1 aromatic heterocycles. The molecule has 0 amide bonds. The van der Waals surface area contributed by atoms with E-state index in [1.54, 1.807) is 13.0 Å². The number of hydrogen-bond donors (Lipinski definition) is 0. The summed E-state index contributed by atoms with van der Waals surface area (Å²) < 4.78 is 23.6. The Hall–Kier alpha value is -1.95. The minimum Gasteiger partial charge on any atom is -0.494 e.